The Morgan fingerprint density at radius 1 is 0.164 bits per heavy atom. The van der Waals surface area contributed by atoms with E-state index < -0.39 is 0 Å². The maximum Gasteiger partial charge on any atom is 0.0462 e. The van der Waals surface area contributed by atoms with Gasteiger partial charge in [-0.2, -0.15) is 0 Å². The molecule has 0 amide bonds. The molecule has 0 aromatic heterocycles. The molecule has 0 spiro atoms. The van der Waals surface area contributed by atoms with E-state index in [-0.39, 0.29) is 0 Å². The minimum absolute atomic E-state index is 1.10. The summed E-state index contributed by atoms with van der Waals surface area (Å²) in [5.41, 5.74) is 15.4. The minimum atomic E-state index is 1.10. The Labute approximate surface area is 357 Å². The third-order valence-electron chi connectivity index (χ3n) is 12.0. The highest BCUT2D eigenvalue weighted by atomic mass is 15.1. The molecule has 0 N–H and O–H groups in total. The summed E-state index contributed by atoms with van der Waals surface area (Å²) in [5.74, 6) is 0. The van der Waals surface area contributed by atoms with Crippen LogP contribution < -0.4 is 4.90 Å². The zero-order valence-corrected chi connectivity index (χ0v) is 33.6. The number of nitrogens with zero attached hydrogens (tertiary/aromatic N) is 1. The number of benzene rings is 11. The van der Waals surface area contributed by atoms with Gasteiger partial charge >= 0.3 is 0 Å². The molecule has 0 heterocycles. The Bertz CT molecular complexity index is 3200. The molecule has 61 heavy (non-hydrogen) atoms. The highest BCUT2D eigenvalue weighted by Crippen LogP contribution is 2.39. The maximum absolute atomic E-state index is 2.35. The SMILES string of the molecule is c1ccc(-c2ccc3ccc(-c4cccc(-c5ccc(N(c6ccc(-c7ccc8ccccc8c7)cc6)c6ccc(-c7ccc8ccccc8c7)cc6)cc5)c4)cc3c2)cc1. The molecule has 0 bridgehead atoms. The van der Waals surface area contributed by atoms with Crippen LogP contribution in [-0.2, 0) is 0 Å². The molecule has 0 aliphatic carbocycles. The predicted molar refractivity (Wildman–Crippen MR) is 261 cm³/mol. The molecule has 0 unspecified atom stereocenters. The second-order valence-electron chi connectivity index (χ2n) is 15.8. The first-order valence-corrected chi connectivity index (χ1v) is 21.0. The van der Waals surface area contributed by atoms with Crippen LogP contribution in [0.3, 0.4) is 0 Å². The third-order valence-corrected chi connectivity index (χ3v) is 12.0. The van der Waals surface area contributed by atoms with Crippen molar-refractivity contribution in [1.82, 2.24) is 0 Å². The molecule has 0 aliphatic heterocycles. The Kier molecular flexibility index (Phi) is 9.26. The lowest BCUT2D eigenvalue weighted by Gasteiger charge is -2.26. The number of hydrogen-bond acceptors (Lipinski definition) is 1. The topological polar surface area (TPSA) is 3.24 Å². The van der Waals surface area contributed by atoms with Crippen molar-refractivity contribution >= 4 is 49.4 Å². The molecule has 0 saturated heterocycles. The molecule has 286 valence electrons. The van der Waals surface area contributed by atoms with Crippen molar-refractivity contribution in [2.75, 3.05) is 4.90 Å². The van der Waals surface area contributed by atoms with E-state index in [2.05, 4.69) is 254 Å². The standard InChI is InChI=1S/C60H41N/c1-2-9-42(10-3-1)55-23-19-48-20-24-56(41-57(48)40-55)52-16-8-15-51(37-52)45-25-31-58(32-26-45)61(59-33-27-46(28-34-59)53-21-17-43-11-4-6-13-49(43)38-53)60-35-29-47(30-36-60)54-22-18-44-12-5-7-14-50(44)39-54/h1-41H. The van der Waals surface area contributed by atoms with E-state index in [1.165, 1.54) is 88.0 Å². The van der Waals surface area contributed by atoms with Crippen LogP contribution in [0.2, 0.25) is 0 Å². The molecule has 0 radical (unpaired) electrons. The molecule has 0 saturated carbocycles. The normalized spacial score (nSPS) is 11.3. The van der Waals surface area contributed by atoms with Crippen LogP contribution in [0.25, 0.3) is 88.0 Å². The van der Waals surface area contributed by atoms with Crippen molar-refractivity contribution in [2.24, 2.45) is 0 Å². The van der Waals surface area contributed by atoms with E-state index in [1.54, 1.807) is 0 Å². The summed E-state index contributed by atoms with van der Waals surface area (Å²) in [6.07, 6.45) is 0. The van der Waals surface area contributed by atoms with E-state index >= 15 is 0 Å². The lowest BCUT2D eigenvalue weighted by atomic mass is 9.95. The van der Waals surface area contributed by atoms with Gasteiger partial charge in [0.15, 0.2) is 0 Å². The highest BCUT2D eigenvalue weighted by Gasteiger charge is 2.15. The molecule has 11 aromatic rings. The van der Waals surface area contributed by atoms with Gasteiger partial charge in [0.1, 0.15) is 0 Å². The Balaban J connectivity index is 0.923. The third kappa shape index (κ3) is 7.24. The Morgan fingerprint density at radius 2 is 0.443 bits per heavy atom. The van der Waals surface area contributed by atoms with Crippen molar-refractivity contribution in [3.05, 3.63) is 249 Å². The zero-order chi connectivity index (χ0) is 40.5. The van der Waals surface area contributed by atoms with Gasteiger partial charge in [0, 0.05) is 17.1 Å². The fourth-order valence-electron chi connectivity index (χ4n) is 8.71. The molecule has 1 heteroatoms. The molecular formula is C60H41N. The number of hydrogen-bond donors (Lipinski definition) is 0. The molecule has 11 aromatic carbocycles. The van der Waals surface area contributed by atoms with Crippen LogP contribution in [0.5, 0.6) is 0 Å². The summed E-state index contributed by atoms with van der Waals surface area (Å²) >= 11 is 0. The van der Waals surface area contributed by atoms with Crippen molar-refractivity contribution in [2.45, 2.75) is 0 Å². The molecule has 1 nitrogen and oxygen atoms in total. The number of anilines is 3. The Hall–Kier alpha value is -8.00. The predicted octanol–water partition coefficient (Wildman–Crippen LogP) is 17.0. The van der Waals surface area contributed by atoms with Crippen molar-refractivity contribution in [1.29, 1.82) is 0 Å². The lowest BCUT2D eigenvalue weighted by Crippen LogP contribution is -2.09. The van der Waals surface area contributed by atoms with Gasteiger partial charge in [0.2, 0.25) is 0 Å². The fourth-order valence-corrected chi connectivity index (χ4v) is 8.71. The van der Waals surface area contributed by atoms with Crippen LogP contribution in [0.1, 0.15) is 0 Å². The highest BCUT2D eigenvalue weighted by molar-refractivity contribution is 5.92. The molecule has 0 aliphatic rings. The lowest BCUT2D eigenvalue weighted by molar-refractivity contribution is 1.28. The molecular weight excluding hydrogens is 735 g/mol. The van der Waals surface area contributed by atoms with Crippen LogP contribution in [0.15, 0.2) is 249 Å². The average molecular weight is 776 g/mol. The van der Waals surface area contributed by atoms with Crippen LogP contribution in [0.4, 0.5) is 17.1 Å². The first kappa shape index (κ1) is 36.1. The summed E-state index contributed by atoms with van der Waals surface area (Å²) < 4.78 is 0. The van der Waals surface area contributed by atoms with Gasteiger partial charge in [0.05, 0.1) is 0 Å². The second-order valence-corrected chi connectivity index (χ2v) is 15.8. The van der Waals surface area contributed by atoms with E-state index in [1.807, 2.05) is 0 Å². The van der Waals surface area contributed by atoms with Gasteiger partial charge in [-0.3, -0.25) is 0 Å². The molecule has 0 fully saturated rings. The number of fused-ring (bicyclic) bond motifs is 3. The van der Waals surface area contributed by atoms with Crippen molar-refractivity contribution in [3.63, 3.8) is 0 Å². The van der Waals surface area contributed by atoms with E-state index in [9.17, 15) is 0 Å². The van der Waals surface area contributed by atoms with Crippen molar-refractivity contribution in [3.8, 4) is 55.6 Å². The van der Waals surface area contributed by atoms with Gasteiger partial charge in [-0.1, -0.05) is 182 Å². The fraction of sp³-hybridized carbons (Fsp3) is 0. The largest absolute Gasteiger partial charge is 0.311 e. The Morgan fingerprint density at radius 3 is 0.885 bits per heavy atom. The summed E-state index contributed by atoms with van der Waals surface area (Å²) in [7, 11) is 0. The van der Waals surface area contributed by atoms with E-state index in [0.717, 1.165) is 17.1 Å². The monoisotopic (exact) mass is 775 g/mol. The number of rotatable bonds is 8. The summed E-state index contributed by atoms with van der Waals surface area (Å²) in [4.78, 5) is 2.35. The zero-order valence-electron chi connectivity index (χ0n) is 33.6. The second kappa shape index (κ2) is 15.6. The minimum Gasteiger partial charge on any atom is -0.311 e. The van der Waals surface area contributed by atoms with Gasteiger partial charge in [-0.15, -0.1) is 0 Å². The molecule has 0 atom stereocenters. The van der Waals surface area contributed by atoms with Crippen LogP contribution in [-0.4, -0.2) is 0 Å². The quantitative estimate of drug-likeness (QED) is 0.149. The van der Waals surface area contributed by atoms with E-state index in [0.29, 0.717) is 0 Å². The van der Waals surface area contributed by atoms with Gasteiger partial charge in [0.25, 0.3) is 0 Å². The van der Waals surface area contributed by atoms with Gasteiger partial charge < -0.3 is 4.90 Å². The maximum atomic E-state index is 2.35. The van der Waals surface area contributed by atoms with Crippen LogP contribution >= 0.6 is 0 Å². The van der Waals surface area contributed by atoms with Crippen molar-refractivity contribution < 1.29 is 0 Å². The molecule has 11 rings (SSSR count). The average Bonchev–Trinajstić information content (AvgIpc) is 3.34. The van der Waals surface area contributed by atoms with E-state index in [4.69, 9.17) is 0 Å². The summed E-state index contributed by atoms with van der Waals surface area (Å²) in [6.45, 7) is 0. The summed E-state index contributed by atoms with van der Waals surface area (Å²) in [5, 5.41) is 7.48. The summed E-state index contributed by atoms with van der Waals surface area (Å²) in [6, 6.07) is 90.5. The first-order chi connectivity index (χ1) is 30.2. The van der Waals surface area contributed by atoms with Gasteiger partial charge in [-0.05, 0) is 155 Å². The van der Waals surface area contributed by atoms with Crippen LogP contribution in [0, 0.1) is 0 Å². The van der Waals surface area contributed by atoms with Gasteiger partial charge in [-0.25, -0.2) is 0 Å². The first-order valence-electron chi connectivity index (χ1n) is 21.0. The smallest absolute Gasteiger partial charge is 0.0462 e.